The largest absolute Gasteiger partial charge is 0.339 e. The lowest BCUT2D eigenvalue weighted by Crippen LogP contribution is -2.52. The van der Waals surface area contributed by atoms with Gasteiger partial charge in [-0.3, -0.25) is 24.0 Å². The van der Waals surface area contributed by atoms with E-state index >= 15 is 0 Å². The Morgan fingerprint density at radius 2 is 1.84 bits per heavy atom. The molecule has 1 unspecified atom stereocenters. The summed E-state index contributed by atoms with van der Waals surface area (Å²) in [6.45, 7) is 13.4. The standard InChI is InChI=1S/C24H37N5O2/c1-19(2)16-26-11-13-28(14-12-26)24(31)18-27-9-6-7-20(17-27)21-15-23(30)29-10-5-3-4-8-22(29)25-21/h15,20H,1,3-14,16-18H2,2H3. The third kappa shape index (κ3) is 5.63. The molecule has 1 aromatic heterocycles. The van der Waals surface area contributed by atoms with Crippen molar-refractivity contribution in [3.05, 3.63) is 40.1 Å². The average Bonchev–Trinajstić information content (AvgIpc) is 3.00. The predicted octanol–water partition coefficient (Wildman–Crippen LogP) is 1.87. The molecular formula is C24H37N5O2. The summed E-state index contributed by atoms with van der Waals surface area (Å²) in [4.78, 5) is 37.1. The number of aromatic nitrogens is 2. The Labute approximate surface area is 185 Å². The Bertz CT molecular complexity index is 856. The van der Waals surface area contributed by atoms with Crippen molar-refractivity contribution >= 4 is 5.91 Å². The van der Waals surface area contributed by atoms with Gasteiger partial charge in [-0.1, -0.05) is 18.6 Å². The molecule has 4 heterocycles. The Hall–Kier alpha value is -1.99. The molecule has 0 N–H and O–H groups in total. The molecule has 31 heavy (non-hydrogen) atoms. The van der Waals surface area contributed by atoms with Crippen molar-refractivity contribution in [2.24, 2.45) is 0 Å². The van der Waals surface area contributed by atoms with Crippen LogP contribution in [0.15, 0.2) is 23.0 Å². The molecule has 2 fully saturated rings. The van der Waals surface area contributed by atoms with Crippen LogP contribution >= 0.6 is 0 Å². The van der Waals surface area contributed by atoms with E-state index in [9.17, 15) is 9.59 Å². The minimum absolute atomic E-state index is 0.0998. The number of likely N-dealkylation sites (tertiary alicyclic amines) is 1. The molecule has 7 nitrogen and oxygen atoms in total. The molecule has 3 aliphatic heterocycles. The number of amides is 1. The van der Waals surface area contributed by atoms with Gasteiger partial charge in [-0.15, -0.1) is 0 Å². The zero-order valence-electron chi connectivity index (χ0n) is 19.0. The number of rotatable bonds is 5. The van der Waals surface area contributed by atoms with Gasteiger partial charge in [0.15, 0.2) is 0 Å². The highest BCUT2D eigenvalue weighted by molar-refractivity contribution is 5.78. The van der Waals surface area contributed by atoms with Crippen LogP contribution in [0, 0.1) is 0 Å². The van der Waals surface area contributed by atoms with Crippen LogP contribution in [0.2, 0.25) is 0 Å². The van der Waals surface area contributed by atoms with E-state index in [1.807, 2.05) is 9.47 Å². The Kier molecular flexibility index (Phi) is 7.23. The monoisotopic (exact) mass is 427 g/mol. The lowest BCUT2D eigenvalue weighted by Gasteiger charge is -2.37. The molecule has 3 aliphatic rings. The lowest BCUT2D eigenvalue weighted by molar-refractivity contribution is -0.134. The summed E-state index contributed by atoms with van der Waals surface area (Å²) in [5.74, 6) is 1.43. The summed E-state index contributed by atoms with van der Waals surface area (Å²) < 4.78 is 1.87. The predicted molar refractivity (Wildman–Crippen MR) is 122 cm³/mol. The number of carbonyl (C=O) groups excluding carboxylic acids is 1. The third-order valence-corrected chi connectivity index (χ3v) is 6.89. The van der Waals surface area contributed by atoms with Crippen LogP contribution in [0.4, 0.5) is 0 Å². The summed E-state index contributed by atoms with van der Waals surface area (Å²) in [5, 5.41) is 0. The fraction of sp³-hybridized carbons (Fsp3) is 0.708. The molecule has 4 rings (SSSR count). The molecule has 0 aliphatic carbocycles. The van der Waals surface area contributed by atoms with Crippen LogP contribution in [-0.2, 0) is 17.8 Å². The second-order valence-corrected chi connectivity index (χ2v) is 9.59. The third-order valence-electron chi connectivity index (χ3n) is 6.89. The normalized spacial score (nSPS) is 23.3. The van der Waals surface area contributed by atoms with Gasteiger partial charge in [0.25, 0.3) is 5.56 Å². The van der Waals surface area contributed by atoms with Crippen molar-refractivity contribution in [3.8, 4) is 0 Å². The van der Waals surface area contributed by atoms with E-state index < -0.39 is 0 Å². The molecule has 0 spiro atoms. The van der Waals surface area contributed by atoms with E-state index in [1.165, 1.54) is 12.0 Å². The first kappa shape index (κ1) is 22.2. The topological polar surface area (TPSA) is 61.7 Å². The highest BCUT2D eigenvalue weighted by Gasteiger charge is 2.28. The molecule has 2 saturated heterocycles. The van der Waals surface area contributed by atoms with Crippen LogP contribution < -0.4 is 5.56 Å². The number of hydrogen-bond donors (Lipinski definition) is 0. The summed E-state index contributed by atoms with van der Waals surface area (Å²) >= 11 is 0. The van der Waals surface area contributed by atoms with E-state index in [2.05, 4.69) is 23.3 Å². The highest BCUT2D eigenvalue weighted by Crippen LogP contribution is 2.26. The van der Waals surface area contributed by atoms with E-state index in [-0.39, 0.29) is 17.4 Å². The molecule has 0 bridgehead atoms. The molecule has 1 atom stereocenters. The Balaban J connectivity index is 1.34. The van der Waals surface area contributed by atoms with Gasteiger partial charge in [0.2, 0.25) is 5.91 Å². The summed E-state index contributed by atoms with van der Waals surface area (Å²) in [5.41, 5.74) is 2.21. The minimum atomic E-state index is 0.0998. The maximum Gasteiger partial charge on any atom is 0.253 e. The van der Waals surface area contributed by atoms with Crippen LogP contribution in [-0.4, -0.2) is 82.5 Å². The van der Waals surface area contributed by atoms with Crippen molar-refractivity contribution in [2.45, 2.75) is 57.9 Å². The maximum atomic E-state index is 12.9. The van der Waals surface area contributed by atoms with Gasteiger partial charge in [-0.25, -0.2) is 4.98 Å². The average molecular weight is 428 g/mol. The molecule has 1 amide bonds. The number of piperidine rings is 1. The SMILES string of the molecule is C=C(C)CN1CCN(C(=O)CN2CCCC(c3cc(=O)n4c(n3)CCCCC4)C2)CC1. The second-order valence-electron chi connectivity index (χ2n) is 9.59. The molecular weight excluding hydrogens is 390 g/mol. The quantitative estimate of drug-likeness (QED) is 0.672. The smallest absolute Gasteiger partial charge is 0.253 e. The first-order valence-corrected chi connectivity index (χ1v) is 12.0. The lowest BCUT2D eigenvalue weighted by atomic mass is 9.94. The fourth-order valence-electron chi connectivity index (χ4n) is 5.21. The van der Waals surface area contributed by atoms with E-state index in [0.717, 1.165) is 96.0 Å². The first-order valence-electron chi connectivity index (χ1n) is 12.0. The first-order chi connectivity index (χ1) is 15.0. The van der Waals surface area contributed by atoms with Gasteiger partial charge >= 0.3 is 0 Å². The number of nitrogens with zero attached hydrogens (tertiary/aromatic N) is 5. The summed E-state index contributed by atoms with van der Waals surface area (Å²) in [7, 11) is 0. The Morgan fingerprint density at radius 3 is 2.61 bits per heavy atom. The number of fused-ring (bicyclic) bond motifs is 1. The molecule has 1 aromatic rings. The molecule has 0 saturated carbocycles. The van der Waals surface area contributed by atoms with Crippen LogP contribution in [0.1, 0.15) is 56.5 Å². The van der Waals surface area contributed by atoms with Crippen molar-refractivity contribution < 1.29 is 4.79 Å². The molecule has 0 aromatic carbocycles. The summed E-state index contributed by atoms with van der Waals surface area (Å²) in [6.07, 6.45) is 6.33. The number of aryl methyl sites for hydroxylation is 1. The maximum absolute atomic E-state index is 12.9. The number of piperazine rings is 1. The van der Waals surface area contributed by atoms with E-state index in [0.29, 0.717) is 6.54 Å². The zero-order chi connectivity index (χ0) is 21.8. The van der Waals surface area contributed by atoms with Gasteiger partial charge < -0.3 is 4.90 Å². The molecule has 7 heteroatoms. The zero-order valence-corrected chi connectivity index (χ0v) is 19.0. The van der Waals surface area contributed by atoms with Crippen molar-refractivity contribution in [3.63, 3.8) is 0 Å². The summed E-state index contributed by atoms with van der Waals surface area (Å²) in [6, 6.07) is 1.76. The Morgan fingerprint density at radius 1 is 1.03 bits per heavy atom. The second kappa shape index (κ2) is 10.1. The van der Waals surface area contributed by atoms with Crippen molar-refractivity contribution in [2.75, 3.05) is 52.4 Å². The fourth-order valence-corrected chi connectivity index (χ4v) is 5.21. The van der Waals surface area contributed by atoms with Crippen LogP contribution in [0.3, 0.4) is 0 Å². The van der Waals surface area contributed by atoms with Gasteiger partial charge in [0.05, 0.1) is 12.2 Å². The number of carbonyl (C=O) groups is 1. The molecule has 170 valence electrons. The highest BCUT2D eigenvalue weighted by atomic mass is 16.2. The molecule has 0 radical (unpaired) electrons. The van der Waals surface area contributed by atoms with Gasteiger partial charge in [0, 0.05) is 64.2 Å². The van der Waals surface area contributed by atoms with Gasteiger partial charge in [0.1, 0.15) is 5.82 Å². The van der Waals surface area contributed by atoms with Crippen LogP contribution in [0.5, 0.6) is 0 Å². The number of hydrogen-bond acceptors (Lipinski definition) is 5. The van der Waals surface area contributed by atoms with Gasteiger partial charge in [-0.05, 0) is 39.2 Å². The minimum Gasteiger partial charge on any atom is -0.339 e. The van der Waals surface area contributed by atoms with Crippen molar-refractivity contribution in [1.82, 2.24) is 24.3 Å². The van der Waals surface area contributed by atoms with Crippen molar-refractivity contribution in [1.29, 1.82) is 0 Å². The van der Waals surface area contributed by atoms with Crippen LogP contribution in [0.25, 0.3) is 0 Å². The van der Waals surface area contributed by atoms with E-state index in [4.69, 9.17) is 4.98 Å². The van der Waals surface area contributed by atoms with E-state index in [1.54, 1.807) is 6.07 Å². The van der Waals surface area contributed by atoms with Gasteiger partial charge in [-0.2, -0.15) is 0 Å².